The molecule has 1 amide bonds. The van der Waals surface area contributed by atoms with E-state index in [0.717, 1.165) is 56.8 Å². The van der Waals surface area contributed by atoms with E-state index in [1.165, 1.54) is 18.4 Å². The van der Waals surface area contributed by atoms with Crippen LogP contribution in [0, 0.1) is 5.92 Å². The minimum Gasteiger partial charge on any atom is -0.369 e. The number of hydrogen-bond acceptors (Lipinski definition) is 3. The number of primary amides is 1. The summed E-state index contributed by atoms with van der Waals surface area (Å²) >= 11 is 0. The highest BCUT2D eigenvalue weighted by Gasteiger charge is 2.49. The summed E-state index contributed by atoms with van der Waals surface area (Å²) in [5, 5.41) is 0. The number of piperidine rings is 1. The fraction of sp³-hybridized carbons (Fsp3) is 0.387. The number of carbonyl (C=O) groups excluding carboxylic acids is 1. The Balaban J connectivity index is 1.25. The van der Waals surface area contributed by atoms with Gasteiger partial charge < -0.3 is 15.5 Å². The Kier molecular flexibility index (Phi) is 7.31. The number of benzene rings is 3. The van der Waals surface area contributed by atoms with Gasteiger partial charge in [-0.15, -0.1) is 0 Å². The molecule has 0 aliphatic carbocycles. The van der Waals surface area contributed by atoms with Gasteiger partial charge in [0.2, 0.25) is 5.91 Å². The lowest BCUT2D eigenvalue weighted by Crippen LogP contribution is -2.49. The molecule has 2 aliphatic heterocycles. The maximum absolute atomic E-state index is 13.3. The predicted octanol–water partition coefficient (Wildman–Crippen LogP) is 4.66. The van der Waals surface area contributed by atoms with Crippen molar-refractivity contribution >= 4 is 5.91 Å². The van der Waals surface area contributed by atoms with Gasteiger partial charge in [-0.25, -0.2) is 0 Å². The van der Waals surface area contributed by atoms with Crippen LogP contribution in [0.2, 0.25) is 0 Å². The monoisotopic (exact) mass is 467 g/mol. The summed E-state index contributed by atoms with van der Waals surface area (Å²) in [5.74, 6) is 0.606. The molecule has 2 aliphatic rings. The van der Waals surface area contributed by atoms with Gasteiger partial charge >= 0.3 is 0 Å². The second-order valence-corrected chi connectivity index (χ2v) is 10.2. The molecule has 0 saturated carbocycles. The molecule has 5 rings (SSSR count). The molecule has 35 heavy (non-hydrogen) atoms. The van der Waals surface area contributed by atoms with Crippen molar-refractivity contribution in [2.24, 2.45) is 11.7 Å². The maximum atomic E-state index is 13.3. The van der Waals surface area contributed by atoms with E-state index >= 15 is 0 Å². The minimum absolute atomic E-state index is 0.161. The Hall–Kier alpha value is -2.95. The lowest BCUT2D eigenvalue weighted by Gasteiger charge is -2.38. The van der Waals surface area contributed by atoms with E-state index in [1.807, 2.05) is 36.4 Å². The van der Waals surface area contributed by atoms with Crippen molar-refractivity contribution < 1.29 is 4.79 Å². The van der Waals surface area contributed by atoms with Crippen LogP contribution in [0.3, 0.4) is 0 Å². The summed E-state index contributed by atoms with van der Waals surface area (Å²) in [6.07, 6.45) is 3.45. The number of likely N-dealkylation sites (tertiary alicyclic amines) is 2. The lowest BCUT2D eigenvalue weighted by molar-refractivity contribution is -0.123. The molecule has 2 N–H and O–H groups in total. The highest BCUT2D eigenvalue weighted by Crippen LogP contribution is 2.43. The van der Waals surface area contributed by atoms with Crippen LogP contribution >= 0.6 is 0 Å². The van der Waals surface area contributed by atoms with E-state index < -0.39 is 5.41 Å². The van der Waals surface area contributed by atoms with E-state index in [9.17, 15) is 4.79 Å². The molecule has 182 valence electrons. The summed E-state index contributed by atoms with van der Waals surface area (Å²) in [4.78, 5) is 18.4. The van der Waals surface area contributed by atoms with E-state index in [2.05, 4.69) is 64.4 Å². The van der Waals surface area contributed by atoms with E-state index in [0.29, 0.717) is 5.92 Å². The molecule has 2 fully saturated rings. The average molecular weight is 468 g/mol. The van der Waals surface area contributed by atoms with Gasteiger partial charge in [0, 0.05) is 19.6 Å². The van der Waals surface area contributed by atoms with Gasteiger partial charge in [0.15, 0.2) is 0 Å². The van der Waals surface area contributed by atoms with Crippen LogP contribution < -0.4 is 5.73 Å². The van der Waals surface area contributed by atoms with E-state index in [4.69, 9.17) is 5.73 Å². The van der Waals surface area contributed by atoms with Crippen molar-refractivity contribution in [1.82, 2.24) is 9.80 Å². The summed E-state index contributed by atoms with van der Waals surface area (Å²) in [7, 11) is 0. The Morgan fingerprint density at radius 1 is 0.714 bits per heavy atom. The van der Waals surface area contributed by atoms with Crippen LogP contribution in [0.15, 0.2) is 91.0 Å². The zero-order valence-electron chi connectivity index (χ0n) is 20.6. The average Bonchev–Trinajstić information content (AvgIpc) is 3.39. The Bertz CT molecular complexity index is 1040. The summed E-state index contributed by atoms with van der Waals surface area (Å²) in [6, 6.07) is 31.3. The molecule has 3 aromatic carbocycles. The molecule has 2 heterocycles. The molecule has 4 heteroatoms. The van der Waals surface area contributed by atoms with Gasteiger partial charge in [-0.05, 0) is 67.4 Å². The molecule has 0 spiro atoms. The van der Waals surface area contributed by atoms with Crippen molar-refractivity contribution in [2.45, 2.75) is 30.6 Å². The van der Waals surface area contributed by atoms with Crippen LogP contribution in [0.5, 0.6) is 0 Å². The second kappa shape index (κ2) is 10.8. The third-order valence-corrected chi connectivity index (χ3v) is 8.32. The Morgan fingerprint density at radius 3 is 1.74 bits per heavy atom. The normalized spacial score (nSPS) is 20.2. The molecule has 4 nitrogen and oxygen atoms in total. The van der Waals surface area contributed by atoms with E-state index in [-0.39, 0.29) is 11.8 Å². The summed E-state index contributed by atoms with van der Waals surface area (Å²) < 4.78 is 0. The van der Waals surface area contributed by atoms with Crippen LogP contribution in [-0.2, 0) is 10.2 Å². The number of rotatable bonds is 8. The minimum atomic E-state index is -0.800. The SMILES string of the molecule is NC(=O)C(c1ccccc1)(c1ccccc1)C1CCN(CCN2CCC(c3ccccc3)CC2)C1. The number of hydrogen-bond donors (Lipinski definition) is 1. The first-order valence-electron chi connectivity index (χ1n) is 13.1. The topological polar surface area (TPSA) is 49.6 Å². The second-order valence-electron chi connectivity index (χ2n) is 10.2. The van der Waals surface area contributed by atoms with Gasteiger partial charge in [-0.3, -0.25) is 4.79 Å². The fourth-order valence-corrected chi connectivity index (χ4v) is 6.41. The highest BCUT2D eigenvalue weighted by atomic mass is 16.1. The number of amides is 1. The maximum Gasteiger partial charge on any atom is 0.232 e. The largest absolute Gasteiger partial charge is 0.369 e. The first kappa shape index (κ1) is 23.8. The van der Waals surface area contributed by atoms with Gasteiger partial charge in [-0.1, -0.05) is 91.0 Å². The van der Waals surface area contributed by atoms with Crippen molar-refractivity contribution in [2.75, 3.05) is 39.3 Å². The predicted molar refractivity (Wildman–Crippen MR) is 142 cm³/mol. The van der Waals surface area contributed by atoms with Crippen LogP contribution in [-0.4, -0.2) is 55.0 Å². The summed E-state index contributed by atoms with van der Waals surface area (Å²) in [5.41, 5.74) is 8.95. The van der Waals surface area contributed by atoms with Gasteiger partial charge in [-0.2, -0.15) is 0 Å². The molecule has 1 unspecified atom stereocenters. The molecular weight excluding hydrogens is 430 g/mol. The Morgan fingerprint density at radius 2 is 1.20 bits per heavy atom. The van der Waals surface area contributed by atoms with Gasteiger partial charge in [0.1, 0.15) is 5.41 Å². The molecule has 2 saturated heterocycles. The van der Waals surface area contributed by atoms with Crippen LogP contribution in [0.1, 0.15) is 41.9 Å². The highest BCUT2D eigenvalue weighted by molar-refractivity contribution is 5.91. The number of nitrogens with zero attached hydrogens (tertiary/aromatic N) is 2. The van der Waals surface area contributed by atoms with Crippen LogP contribution in [0.4, 0.5) is 0 Å². The molecule has 0 radical (unpaired) electrons. The molecular formula is C31H37N3O. The zero-order valence-corrected chi connectivity index (χ0v) is 20.6. The quantitative estimate of drug-likeness (QED) is 0.524. The fourth-order valence-electron chi connectivity index (χ4n) is 6.41. The molecule has 3 aromatic rings. The first-order chi connectivity index (χ1) is 17.2. The van der Waals surface area contributed by atoms with Crippen LogP contribution in [0.25, 0.3) is 0 Å². The van der Waals surface area contributed by atoms with Crippen molar-refractivity contribution in [3.8, 4) is 0 Å². The third kappa shape index (κ3) is 4.91. The zero-order chi connectivity index (χ0) is 24.1. The number of carbonyl (C=O) groups is 1. The van der Waals surface area contributed by atoms with Gasteiger partial charge in [0.05, 0.1) is 0 Å². The summed E-state index contributed by atoms with van der Waals surface area (Å²) in [6.45, 7) is 6.37. The van der Waals surface area contributed by atoms with Crippen molar-refractivity contribution in [3.63, 3.8) is 0 Å². The third-order valence-electron chi connectivity index (χ3n) is 8.32. The van der Waals surface area contributed by atoms with Gasteiger partial charge in [0.25, 0.3) is 0 Å². The molecule has 0 aromatic heterocycles. The van der Waals surface area contributed by atoms with Crippen molar-refractivity contribution in [3.05, 3.63) is 108 Å². The standard InChI is InChI=1S/C31H37N3O/c32-30(35)31(27-12-6-2-7-13-27,28-14-8-3-9-15-28)29-18-21-34(24-29)23-22-33-19-16-26(17-20-33)25-10-4-1-5-11-25/h1-15,26,29H,16-24H2,(H2,32,35). The lowest BCUT2D eigenvalue weighted by atomic mass is 9.64. The molecule has 1 atom stereocenters. The number of nitrogens with two attached hydrogens (primary N) is 1. The Labute approximate surface area is 209 Å². The molecule has 0 bridgehead atoms. The first-order valence-corrected chi connectivity index (χ1v) is 13.1. The van der Waals surface area contributed by atoms with Crippen molar-refractivity contribution in [1.29, 1.82) is 0 Å². The van der Waals surface area contributed by atoms with E-state index in [1.54, 1.807) is 0 Å². The smallest absolute Gasteiger partial charge is 0.232 e.